The lowest BCUT2D eigenvalue weighted by Crippen LogP contribution is -2.24. The van der Waals surface area contributed by atoms with Crippen LogP contribution in [0.4, 0.5) is 0 Å². The van der Waals surface area contributed by atoms with Crippen molar-refractivity contribution in [1.29, 1.82) is 0 Å². The number of methoxy groups -OCH3 is 1. The van der Waals surface area contributed by atoms with Gasteiger partial charge in [-0.05, 0) is 25.0 Å². The van der Waals surface area contributed by atoms with Crippen molar-refractivity contribution in [3.8, 4) is 0 Å². The minimum atomic E-state index is -3.58. The Labute approximate surface area is 119 Å². The molecule has 0 atom stereocenters. The molecule has 0 saturated carbocycles. The molecule has 1 heterocycles. The van der Waals surface area contributed by atoms with Gasteiger partial charge in [0.2, 0.25) is 5.09 Å². The Bertz CT molecular complexity index is 472. The average Bonchev–Trinajstić information content (AvgIpc) is 2.91. The van der Waals surface area contributed by atoms with E-state index in [1.165, 1.54) is 6.07 Å². The van der Waals surface area contributed by atoms with E-state index in [1.54, 1.807) is 13.2 Å². The van der Waals surface area contributed by atoms with Crippen molar-refractivity contribution in [1.82, 2.24) is 4.72 Å². The summed E-state index contributed by atoms with van der Waals surface area (Å²) < 4.78 is 41.4. The molecule has 0 amide bonds. The number of sulfonamides is 1. The van der Waals surface area contributed by atoms with Crippen LogP contribution in [0.15, 0.2) is 21.6 Å². The molecular formula is C12H22N2O5S. The number of hydrogen-bond donors (Lipinski definition) is 2. The molecule has 0 saturated heterocycles. The van der Waals surface area contributed by atoms with Crippen LogP contribution in [0, 0.1) is 0 Å². The van der Waals surface area contributed by atoms with Gasteiger partial charge in [-0.1, -0.05) is 0 Å². The third-order valence-electron chi connectivity index (χ3n) is 2.54. The van der Waals surface area contributed by atoms with Gasteiger partial charge in [0.15, 0.2) is 0 Å². The number of nitrogens with two attached hydrogens (primary N) is 1. The third kappa shape index (κ3) is 6.02. The first-order chi connectivity index (χ1) is 9.60. The molecule has 0 fully saturated rings. The topological polar surface area (TPSA) is 104 Å². The average molecular weight is 306 g/mol. The van der Waals surface area contributed by atoms with Crippen LogP contribution in [0.3, 0.4) is 0 Å². The molecule has 0 aliphatic heterocycles. The number of nitrogens with one attached hydrogen (secondary N) is 1. The van der Waals surface area contributed by atoms with Crippen LogP contribution in [-0.4, -0.2) is 41.9 Å². The van der Waals surface area contributed by atoms with Gasteiger partial charge in [-0.3, -0.25) is 0 Å². The van der Waals surface area contributed by atoms with Gasteiger partial charge in [-0.15, -0.1) is 0 Å². The van der Waals surface area contributed by atoms with Crippen LogP contribution >= 0.6 is 0 Å². The monoisotopic (exact) mass is 306 g/mol. The zero-order valence-electron chi connectivity index (χ0n) is 11.6. The SMILES string of the molecule is COCCOCCCCNS(=O)(=O)c1ccc(CN)o1. The lowest BCUT2D eigenvalue weighted by Gasteiger charge is -2.05. The van der Waals surface area contributed by atoms with Gasteiger partial charge in [0, 0.05) is 20.3 Å². The molecule has 0 aromatic carbocycles. The quantitative estimate of drug-likeness (QED) is 0.576. The van der Waals surface area contributed by atoms with Gasteiger partial charge >= 0.3 is 0 Å². The second-order valence-electron chi connectivity index (χ2n) is 4.13. The predicted octanol–water partition coefficient (Wildman–Crippen LogP) is 0.460. The van der Waals surface area contributed by atoms with E-state index in [9.17, 15) is 8.42 Å². The largest absolute Gasteiger partial charge is 0.447 e. The third-order valence-corrected chi connectivity index (χ3v) is 3.88. The van der Waals surface area contributed by atoms with Crippen molar-refractivity contribution in [2.24, 2.45) is 5.73 Å². The highest BCUT2D eigenvalue weighted by molar-refractivity contribution is 7.89. The summed E-state index contributed by atoms with van der Waals surface area (Å²) >= 11 is 0. The highest BCUT2D eigenvalue weighted by Gasteiger charge is 2.17. The summed E-state index contributed by atoms with van der Waals surface area (Å²) in [5, 5.41) is -0.103. The van der Waals surface area contributed by atoms with E-state index in [1.807, 2.05) is 0 Å². The summed E-state index contributed by atoms with van der Waals surface area (Å²) in [6.45, 7) is 2.22. The molecule has 1 rings (SSSR count). The first kappa shape index (κ1) is 17.1. The maximum atomic E-state index is 11.8. The first-order valence-corrected chi connectivity index (χ1v) is 7.93. The lowest BCUT2D eigenvalue weighted by atomic mass is 10.3. The van der Waals surface area contributed by atoms with Crippen molar-refractivity contribution in [2.45, 2.75) is 24.5 Å². The van der Waals surface area contributed by atoms with E-state index >= 15 is 0 Å². The Morgan fingerprint density at radius 3 is 2.70 bits per heavy atom. The molecule has 0 aliphatic carbocycles. The van der Waals surface area contributed by atoms with Crippen molar-refractivity contribution in [2.75, 3.05) is 33.5 Å². The Morgan fingerprint density at radius 1 is 1.25 bits per heavy atom. The Morgan fingerprint density at radius 2 is 2.05 bits per heavy atom. The molecule has 7 nitrogen and oxygen atoms in total. The fraction of sp³-hybridized carbons (Fsp3) is 0.667. The molecule has 0 unspecified atom stereocenters. The minimum absolute atomic E-state index is 0.103. The molecule has 0 radical (unpaired) electrons. The molecular weight excluding hydrogens is 284 g/mol. The Balaban J connectivity index is 2.20. The van der Waals surface area contributed by atoms with Crippen LogP contribution in [0.1, 0.15) is 18.6 Å². The van der Waals surface area contributed by atoms with E-state index in [4.69, 9.17) is 19.6 Å². The summed E-state index contributed by atoms with van der Waals surface area (Å²) in [6.07, 6.45) is 1.47. The summed E-state index contributed by atoms with van der Waals surface area (Å²) in [4.78, 5) is 0. The van der Waals surface area contributed by atoms with Crippen molar-refractivity contribution < 1.29 is 22.3 Å². The number of unbranched alkanes of at least 4 members (excludes halogenated alkanes) is 1. The van der Waals surface area contributed by atoms with E-state index in [0.717, 1.165) is 6.42 Å². The van der Waals surface area contributed by atoms with Crippen LogP contribution < -0.4 is 10.5 Å². The number of furan rings is 1. The molecule has 3 N–H and O–H groups in total. The van der Waals surface area contributed by atoms with E-state index in [-0.39, 0.29) is 11.6 Å². The van der Waals surface area contributed by atoms with E-state index < -0.39 is 10.0 Å². The smallest absolute Gasteiger partial charge is 0.273 e. The second kappa shape index (κ2) is 9.09. The van der Waals surface area contributed by atoms with Crippen LogP contribution in [0.25, 0.3) is 0 Å². The molecule has 20 heavy (non-hydrogen) atoms. The maximum Gasteiger partial charge on any atom is 0.273 e. The van der Waals surface area contributed by atoms with Gasteiger partial charge in [-0.2, -0.15) is 0 Å². The van der Waals surface area contributed by atoms with Crippen molar-refractivity contribution in [3.63, 3.8) is 0 Å². The van der Waals surface area contributed by atoms with Gasteiger partial charge in [0.05, 0.1) is 19.8 Å². The molecule has 8 heteroatoms. The zero-order valence-corrected chi connectivity index (χ0v) is 12.4. The highest BCUT2D eigenvalue weighted by Crippen LogP contribution is 2.13. The van der Waals surface area contributed by atoms with Crippen LogP contribution in [0.5, 0.6) is 0 Å². The highest BCUT2D eigenvalue weighted by atomic mass is 32.2. The molecule has 116 valence electrons. The Hall–Kier alpha value is -0.930. The van der Waals surface area contributed by atoms with Crippen LogP contribution in [0.2, 0.25) is 0 Å². The lowest BCUT2D eigenvalue weighted by molar-refractivity contribution is 0.0689. The second-order valence-corrected chi connectivity index (χ2v) is 5.83. The van der Waals surface area contributed by atoms with Gasteiger partial charge in [0.25, 0.3) is 10.0 Å². The van der Waals surface area contributed by atoms with Crippen molar-refractivity contribution >= 4 is 10.0 Å². The summed E-state index contributed by atoms with van der Waals surface area (Å²) in [7, 11) is -1.97. The molecule has 1 aromatic heterocycles. The van der Waals surface area contributed by atoms with Gasteiger partial charge in [0.1, 0.15) is 5.76 Å². The standard InChI is InChI=1S/C12H22N2O5S/c1-17-8-9-18-7-3-2-6-14-20(15,16)12-5-4-11(10-13)19-12/h4-5,14H,2-3,6-10,13H2,1H3. The summed E-state index contributed by atoms with van der Waals surface area (Å²) in [5.41, 5.74) is 5.36. The number of ether oxygens (including phenoxy) is 2. The van der Waals surface area contributed by atoms with Gasteiger partial charge < -0.3 is 19.6 Å². The molecule has 1 aromatic rings. The zero-order chi connectivity index (χ0) is 14.8. The van der Waals surface area contributed by atoms with E-state index in [0.29, 0.717) is 38.5 Å². The molecule has 0 aliphatic rings. The van der Waals surface area contributed by atoms with Crippen LogP contribution in [-0.2, 0) is 26.0 Å². The fourth-order valence-electron chi connectivity index (χ4n) is 1.46. The fourth-order valence-corrected chi connectivity index (χ4v) is 2.48. The maximum absolute atomic E-state index is 11.8. The number of hydrogen-bond acceptors (Lipinski definition) is 6. The summed E-state index contributed by atoms with van der Waals surface area (Å²) in [5.74, 6) is 0.442. The normalized spacial score (nSPS) is 11.9. The first-order valence-electron chi connectivity index (χ1n) is 6.45. The number of rotatable bonds is 11. The predicted molar refractivity (Wildman–Crippen MR) is 73.7 cm³/mol. The van der Waals surface area contributed by atoms with Crippen molar-refractivity contribution in [3.05, 3.63) is 17.9 Å². The minimum Gasteiger partial charge on any atom is -0.447 e. The molecule has 0 spiro atoms. The summed E-state index contributed by atoms with van der Waals surface area (Å²) in [6, 6.07) is 2.95. The van der Waals surface area contributed by atoms with E-state index in [2.05, 4.69) is 4.72 Å². The Kier molecular flexibility index (Phi) is 7.78. The van der Waals surface area contributed by atoms with Gasteiger partial charge in [-0.25, -0.2) is 13.1 Å². The molecule has 0 bridgehead atoms.